The highest BCUT2D eigenvalue weighted by Gasteiger charge is 2.32. The fourth-order valence-corrected chi connectivity index (χ4v) is 2.21. The summed E-state index contributed by atoms with van der Waals surface area (Å²) in [5.41, 5.74) is 0.760. The molecule has 1 atom stereocenters. The van der Waals surface area contributed by atoms with Crippen LogP contribution >= 0.6 is 0 Å². The van der Waals surface area contributed by atoms with Crippen LogP contribution in [0.5, 0.6) is 0 Å². The molecule has 90 valence electrons. The van der Waals surface area contributed by atoms with E-state index in [-0.39, 0.29) is 0 Å². The Balaban J connectivity index is 2.13. The van der Waals surface area contributed by atoms with E-state index in [1.807, 2.05) is 0 Å². The molecular weight excluding hydrogens is 212 g/mol. The first-order chi connectivity index (χ1) is 8.00. The summed E-state index contributed by atoms with van der Waals surface area (Å²) in [5, 5.41) is 8.83. The second-order valence-corrected chi connectivity index (χ2v) is 5.65. The maximum atomic E-state index is 8.83. The van der Waals surface area contributed by atoms with Crippen molar-refractivity contribution in [1.82, 2.24) is 9.97 Å². The van der Waals surface area contributed by atoms with E-state index in [9.17, 15) is 0 Å². The van der Waals surface area contributed by atoms with Gasteiger partial charge in [-0.1, -0.05) is 20.8 Å². The van der Waals surface area contributed by atoms with E-state index in [0.717, 1.165) is 13.1 Å². The molecule has 1 unspecified atom stereocenters. The molecule has 2 rings (SSSR count). The van der Waals surface area contributed by atoms with Crippen LogP contribution in [0.1, 0.15) is 32.9 Å². The summed E-state index contributed by atoms with van der Waals surface area (Å²) in [6.07, 6.45) is 2.83. The second kappa shape index (κ2) is 4.33. The molecule has 1 aliphatic rings. The minimum atomic E-state index is 0.321. The first-order valence-electron chi connectivity index (χ1n) is 5.99. The lowest BCUT2D eigenvalue weighted by molar-refractivity contribution is 0.263. The van der Waals surface area contributed by atoms with Crippen molar-refractivity contribution in [3.63, 3.8) is 0 Å². The smallest absolute Gasteiger partial charge is 0.226 e. The van der Waals surface area contributed by atoms with E-state index in [1.165, 1.54) is 6.42 Å². The van der Waals surface area contributed by atoms with Crippen molar-refractivity contribution in [2.45, 2.75) is 27.2 Å². The monoisotopic (exact) mass is 230 g/mol. The molecule has 1 aromatic rings. The molecule has 0 N–H and O–H groups in total. The Hall–Kier alpha value is -1.63. The Morgan fingerprint density at radius 2 is 2.24 bits per heavy atom. The van der Waals surface area contributed by atoms with Gasteiger partial charge in [0.2, 0.25) is 5.95 Å². The van der Waals surface area contributed by atoms with Gasteiger partial charge in [-0.05, 0) is 23.8 Å². The number of nitriles is 1. The number of anilines is 1. The zero-order valence-corrected chi connectivity index (χ0v) is 10.6. The lowest BCUT2D eigenvalue weighted by atomic mass is 9.80. The lowest BCUT2D eigenvalue weighted by Crippen LogP contribution is -2.27. The molecule has 4 heteroatoms. The van der Waals surface area contributed by atoms with Crippen LogP contribution in [-0.2, 0) is 0 Å². The summed E-state index contributed by atoms with van der Waals surface area (Å²) >= 11 is 0. The van der Waals surface area contributed by atoms with Crippen molar-refractivity contribution in [2.75, 3.05) is 18.0 Å². The highest BCUT2D eigenvalue weighted by molar-refractivity contribution is 5.35. The molecule has 0 bridgehead atoms. The summed E-state index contributed by atoms with van der Waals surface area (Å²) in [7, 11) is 0. The van der Waals surface area contributed by atoms with Gasteiger partial charge in [0.05, 0.1) is 0 Å². The fraction of sp³-hybridized carbons (Fsp3) is 0.615. The normalized spacial score (nSPS) is 20.4. The zero-order valence-electron chi connectivity index (χ0n) is 10.6. The first kappa shape index (κ1) is 11.8. The van der Waals surface area contributed by atoms with Crippen LogP contribution in [0, 0.1) is 22.7 Å². The van der Waals surface area contributed by atoms with Gasteiger partial charge in [0.25, 0.3) is 0 Å². The van der Waals surface area contributed by atoms with Crippen molar-refractivity contribution < 1.29 is 0 Å². The van der Waals surface area contributed by atoms with Crippen LogP contribution in [0.15, 0.2) is 12.3 Å². The molecule has 0 spiro atoms. The van der Waals surface area contributed by atoms with Gasteiger partial charge in [0.1, 0.15) is 11.8 Å². The van der Waals surface area contributed by atoms with E-state index in [4.69, 9.17) is 5.26 Å². The largest absolute Gasteiger partial charge is 0.340 e. The van der Waals surface area contributed by atoms with E-state index >= 15 is 0 Å². The number of aromatic nitrogens is 2. The van der Waals surface area contributed by atoms with Crippen molar-refractivity contribution >= 4 is 5.95 Å². The fourth-order valence-electron chi connectivity index (χ4n) is 2.21. The van der Waals surface area contributed by atoms with Crippen LogP contribution in [0.2, 0.25) is 0 Å². The Bertz CT molecular complexity index is 441. The number of hydrogen-bond acceptors (Lipinski definition) is 4. The van der Waals surface area contributed by atoms with Crippen molar-refractivity contribution in [3.05, 3.63) is 18.0 Å². The molecule has 1 aliphatic heterocycles. The molecule has 1 saturated heterocycles. The van der Waals surface area contributed by atoms with Crippen LogP contribution in [0.3, 0.4) is 0 Å². The first-order valence-corrected chi connectivity index (χ1v) is 5.99. The molecular formula is C13H18N4. The van der Waals surface area contributed by atoms with Gasteiger partial charge < -0.3 is 4.90 Å². The second-order valence-electron chi connectivity index (χ2n) is 5.65. The molecule has 0 aromatic carbocycles. The number of hydrogen-bond donors (Lipinski definition) is 0. The zero-order chi connectivity index (χ0) is 12.5. The van der Waals surface area contributed by atoms with Gasteiger partial charge in [-0.15, -0.1) is 0 Å². The van der Waals surface area contributed by atoms with E-state index in [1.54, 1.807) is 12.3 Å². The molecule has 2 heterocycles. The van der Waals surface area contributed by atoms with Gasteiger partial charge in [-0.25, -0.2) is 9.97 Å². The van der Waals surface area contributed by atoms with Gasteiger partial charge in [0, 0.05) is 19.3 Å². The maximum absolute atomic E-state index is 8.83. The van der Waals surface area contributed by atoms with Gasteiger partial charge >= 0.3 is 0 Å². The summed E-state index contributed by atoms with van der Waals surface area (Å²) in [5.74, 6) is 1.35. The van der Waals surface area contributed by atoms with Crippen molar-refractivity contribution in [3.8, 4) is 6.07 Å². The van der Waals surface area contributed by atoms with Crippen LogP contribution in [0.4, 0.5) is 5.95 Å². The molecule has 17 heavy (non-hydrogen) atoms. The molecule has 0 aliphatic carbocycles. The molecule has 1 aromatic heterocycles. The van der Waals surface area contributed by atoms with Crippen LogP contribution in [-0.4, -0.2) is 23.1 Å². The third-order valence-electron chi connectivity index (χ3n) is 3.45. The Morgan fingerprint density at radius 3 is 2.82 bits per heavy atom. The Kier molecular flexibility index (Phi) is 3.01. The third-order valence-corrected chi connectivity index (χ3v) is 3.45. The number of nitrogens with zero attached hydrogens (tertiary/aromatic N) is 4. The maximum Gasteiger partial charge on any atom is 0.226 e. The van der Waals surface area contributed by atoms with Crippen LogP contribution < -0.4 is 4.90 Å². The molecule has 1 fully saturated rings. The van der Waals surface area contributed by atoms with Gasteiger partial charge in [-0.3, -0.25) is 0 Å². The Morgan fingerprint density at radius 1 is 1.47 bits per heavy atom. The standard InChI is InChI=1S/C13H18N4/c1-13(2,3)10-5-7-17(9-10)12-15-6-4-11(8-14)16-12/h4,6,10H,5,7,9H2,1-3H3. The van der Waals surface area contributed by atoms with E-state index in [2.05, 4.69) is 41.7 Å². The molecule has 0 saturated carbocycles. The number of rotatable bonds is 1. The lowest BCUT2D eigenvalue weighted by Gasteiger charge is -2.26. The summed E-state index contributed by atoms with van der Waals surface area (Å²) in [6.45, 7) is 8.78. The summed E-state index contributed by atoms with van der Waals surface area (Å²) in [4.78, 5) is 10.7. The van der Waals surface area contributed by atoms with Crippen molar-refractivity contribution in [2.24, 2.45) is 11.3 Å². The topological polar surface area (TPSA) is 52.8 Å². The predicted octanol–water partition coefficient (Wildman–Crippen LogP) is 2.22. The minimum Gasteiger partial charge on any atom is -0.340 e. The average Bonchev–Trinajstić information content (AvgIpc) is 2.78. The van der Waals surface area contributed by atoms with Gasteiger partial charge in [-0.2, -0.15) is 5.26 Å². The minimum absolute atomic E-state index is 0.321. The Labute approximate surface area is 102 Å². The van der Waals surface area contributed by atoms with Crippen molar-refractivity contribution in [1.29, 1.82) is 5.26 Å². The highest BCUT2D eigenvalue weighted by Crippen LogP contribution is 2.34. The summed E-state index contributed by atoms with van der Waals surface area (Å²) < 4.78 is 0. The highest BCUT2D eigenvalue weighted by atomic mass is 15.3. The van der Waals surface area contributed by atoms with Crippen LogP contribution in [0.25, 0.3) is 0 Å². The van der Waals surface area contributed by atoms with E-state index < -0.39 is 0 Å². The SMILES string of the molecule is CC(C)(C)C1CCN(c2nccc(C#N)n2)C1. The molecule has 0 radical (unpaired) electrons. The summed E-state index contributed by atoms with van der Waals surface area (Å²) in [6, 6.07) is 3.69. The average molecular weight is 230 g/mol. The molecule has 0 amide bonds. The predicted molar refractivity (Wildman–Crippen MR) is 66.5 cm³/mol. The van der Waals surface area contributed by atoms with Gasteiger partial charge in [0.15, 0.2) is 0 Å². The van der Waals surface area contributed by atoms with E-state index in [0.29, 0.717) is 23.0 Å². The molecule has 4 nitrogen and oxygen atoms in total. The quantitative estimate of drug-likeness (QED) is 0.742. The third kappa shape index (κ3) is 2.55.